The monoisotopic (exact) mass is 430 g/mol. The van der Waals surface area contributed by atoms with Crippen molar-refractivity contribution < 1.29 is 13.9 Å². The molecule has 1 aliphatic heterocycles. The fourth-order valence-electron chi connectivity index (χ4n) is 3.92. The van der Waals surface area contributed by atoms with Crippen molar-refractivity contribution >= 4 is 5.91 Å². The lowest BCUT2D eigenvalue weighted by atomic mass is 10.1. The highest BCUT2D eigenvalue weighted by Gasteiger charge is 2.31. The first-order valence-electron chi connectivity index (χ1n) is 10.5. The predicted molar refractivity (Wildman–Crippen MR) is 119 cm³/mol. The van der Waals surface area contributed by atoms with E-state index in [9.17, 15) is 9.18 Å². The van der Waals surface area contributed by atoms with Gasteiger partial charge in [0.15, 0.2) is 6.61 Å². The van der Waals surface area contributed by atoms with Crippen LogP contribution in [0.15, 0.2) is 67.0 Å². The van der Waals surface area contributed by atoms with Gasteiger partial charge in [0, 0.05) is 18.0 Å². The molecular weight excluding hydrogens is 407 g/mol. The standard InChI is InChI=1S/C25H23FN4O2/c1-17-5-8-20(13-18(17)2)30-25(28-11-3-4-12-28)22-14-29(15-23(22)27-30)24(31)16-32-21-9-6-19(26)7-10-21/h3-13H,14-16H2,1-2H3. The number of hydrogen-bond acceptors (Lipinski definition) is 3. The molecule has 0 N–H and O–H groups in total. The molecular formula is C25H23FN4O2. The van der Waals surface area contributed by atoms with Gasteiger partial charge in [0.2, 0.25) is 0 Å². The number of carbonyl (C=O) groups excluding carboxylic acids is 1. The summed E-state index contributed by atoms with van der Waals surface area (Å²) in [6, 6.07) is 15.9. The van der Waals surface area contributed by atoms with E-state index in [1.54, 1.807) is 4.90 Å². The number of halogens is 1. The fourth-order valence-corrected chi connectivity index (χ4v) is 3.92. The molecule has 2 aromatic heterocycles. The van der Waals surface area contributed by atoms with Gasteiger partial charge in [-0.15, -0.1) is 0 Å². The zero-order valence-electron chi connectivity index (χ0n) is 18.0. The molecule has 32 heavy (non-hydrogen) atoms. The predicted octanol–water partition coefficient (Wildman–Crippen LogP) is 4.34. The molecule has 0 saturated heterocycles. The molecule has 0 atom stereocenters. The van der Waals surface area contributed by atoms with Crippen LogP contribution in [0.3, 0.4) is 0 Å². The van der Waals surface area contributed by atoms with Crippen molar-refractivity contribution in [1.82, 2.24) is 19.2 Å². The van der Waals surface area contributed by atoms with Crippen LogP contribution < -0.4 is 4.74 Å². The Bertz CT molecular complexity index is 1280. The van der Waals surface area contributed by atoms with Crippen LogP contribution in [0, 0.1) is 19.7 Å². The van der Waals surface area contributed by atoms with E-state index in [0.29, 0.717) is 18.8 Å². The molecule has 1 amide bonds. The Morgan fingerprint density at radius 1 is 1.03 bits per heavy atom. The van der Waals surface area contributed by atoms with Gasteiger partial charge in [-0.05, 0) is 73.5 Å². The Hall–Kier alpha value is -3.87. The molecule has 0 saturated carbocycles. The van der Waals surface area contributed by atoms with E-state index in [1.165, 1.54) is 35.4 Å². The molecule has 0 radical (unpaired) electrons. The average molecular weight is 430 g/mol. The van der Waals surface area contributed by atoms with E-state index in [0.717, 1.165) is 22.8 Å². The largest absolute Gasteiger partial charge is 0.484 e. The molecule has 2 aromatic carbocycles. The first-order chi connectivity index (χ1) is 15.5. The van der Waals surface area contributed by atoms with Crippen LogP contribution >= 0.6 is 0 Å². The molecule has 162 valence electrons. The molecule has 0 bridgehead atoms. The summed E-state index contributed by atoms with van der Waals surface area (Å²) >= 11 is 0. The third-order valence-electron chi connectivity index (χ3n) is 5.84. The maximum Gasteiger partial charge on any atom is 0.261 e. The molecule has 1 aliphatic rings. The van der Waals surface area contributed by atoms with Crippen LogP contribution in [0.5, 0.6) is 5.75 Å². The first-order valence-corrected chi connectivity index (χ1v) is 10.5. The van der Waals surface area contributed by atoms with Gasteiger partial charge in [-0.3, -0.25) is 4.79 Å². The third-order valence-corrected chi connectivity index (χ3v) is 5.84. The number of ether oxygens (including phenoxy) is 1. The smallest absolute Gasteiger partial charge is 0.261 e. The molecule has 5 rings (SSSR count). The maximum atomic E-state index is 13.1. The second-order valence-corrected chi connectivity index (χ2v) is 8.01. The lowest BCUT2D eigenvalue weighted by molar-refractivity contribution is -0.134. The number of aromatic nitrogens is 3. The molecule has 6 nitrogen and oxygen atoms in total. The summed E-state index contributed by atoms with van der Waals surface area (Å²) in [6.07, 6.45) is 3.97. The number of rotatable bonds is 5. The highest BCUT2D eigenvalue weighted by molar-refractivity contribution is 5.78. The van der Waals surface area contributed by atoms with Crippen molar-refractivity contribution in [2.45, 2.75) is 26.9 Å². The van der Waals surface area contributed by atoms with Gasteiger partial charge < -0.3 is 14.2 Å². The molecule has 4 aromatic rings. The number of benzene rings is 2. The Labute approximate surface area is 185 Å². The summed E-state index contributed by atoms with van der Waals surface area (Å²) in [6.45, 7) is 4.96. The Morgan fingerprint density at radius 2 is 1.78 bits per heavy atom. The van der Waals surface area contributed by atoms with Gasteiger partial charge in [-0.2, -0.15) is 5.10 Å². The number of fused-ring (bicyclic) bond motifs is 1. The summed E-state index contributed by atoms with van der Waals surface area (Å²) in [4.78, 5) is 14.5. The Balaban J connectivity index is 1.40. The lowest BCUT2D eigenvalue weighted by Gasteiger charge is -2.18. The highest BCUT2D eigenvalue weighted by atomic mass is 19.1. The van der Waals surface area contributed by atoms with E-state index in [1.807, 2.05) is 33.8 Å². The van der Waals surface area contributed by atoms with Crippen molar-refractivity contribution in [2.24, 2.45) is 0 Å². The van der Waals surface area contributed by atoms with Crippen molar-refractivity contribution in [1.29, 1.82) is 0 Å². The molecule has 0 unspecified atom stereocenters. The average Bonchev–Trinajstić information content (AvgIpc) is 3.51. The van der Waals surface area contributed by atoms with Gasteiger partial charge in [0.25, 0.3) is 5.91 Å². The number of hydrogen-bond donors (Lipinski definition) is 0. The topological polar surface area (TPSA) is 52.3 Å². The molecule has 7 heteroatoms. The highest BCUT2D eigenvalue weighted by Crippen LogP contribution is 2.31. The molecule has 3 heterocycles. The number of aryl methyl sites for hydroxylation is 2. The van der Waals surface area contributed by atoms with Gasteiger partial charge in [0.05, 0.1) is 24.5 Å². The zero-order chi connectivity index (χ0) is 22.2. The third kappa shape index (κ3) is 3.66. The minimum absolute atomic E-state index is 0.105. The van der Waals surface area contributed by atoms with Crippen LogP contribution in [-0.4, -0.2) is 31.8 Å². The van der Waals surface area contributed by atoms with Crippen LogP contribution in [-0.2, 0) is 17.9 Å². The maximum absolute atomic E-state index is 13.1. The van der Waals surface area contributed by atoms with Crippen LogP contribution in [0.2, 0.25) is 0 Å². The second-order valence-electron chi connectivity index (χ2n) is 8.01. The summed E-state index contributed by atoms with van der Waals surface area (Å²) < 4.78 is 22.6. The second kappa shape index (κ2) is 8.00. The quantitative estimate of drug-likeness (QED) is 0.473. The van der Waals surface area contributed by atoms with E-state index in [2.05, 4.69) is 32.0 Å². The Kier molecular flexibility index (Phi) is 5.01. The fraction of sp³-hybridized carbons (Fsp3) is 0.200. The molecule has 0 spiro atoms. The minimum Gasteiger partial charge on any atom is -0.484 e. The number of nitrogens with zero attached hydrogens (tertiary/aromatic N) is 4. The summed E-state index contributed by atoms with van der Waals surface area (Å²) in [5, 5.41) is 4.87. The van der Waals surface area contributed by atoms with Crippen LogP contribution in [0.4, 0.5) is 4.39 Å². The zero-order valence-corrected chi connectivity index (χ0v) is 18.0. The van der Waals surface area contributed by atoms with Crippen LogP contribution in [0.1, 0.15) is 22.4 Å². The van der Waals surface area contributed by atoms with Gasteiger partial charge in [-0.25, -0.2) is 9.07 Å². The van der Waals surface area contributed by atoms with Crippen molar-refractivity contribution in [3.63, 3.8) is 0 Å². The SMILES string of the molecule is Cc1ccc(-n2nc3c(c2-n2cccc2)CN(C(=O)COc2ccc(F)cc2)C3)cc1C. The van der Waals surface area contributed by atoms with Crippen molar-refractivity contribution in [3.8, 4) is 17.3 Å². The van der Waals surface area contributed by atoms with E-state index >= 15 is 0 Å². The van der Waals surface area contributed by atoms with Crippen LogP contribution in [0.25, 0.3) is 11.5 Å². The van der Waals surface area contributed by atoms with Crippen molar-refractivity contribution in [2.75, 3.05) is 6.61 Å². The van der Waals surface area contributed by atoms with Gasteiger partial charge >= 0.3 is 0 Å². The first kappa shape index (κ1) is 20.1. The normalized spacial score (nSPS) is 12.8. The van der Waals surface area contributed by atoms with E-state index in [4.69, 9.17) is 9.84 Å². The molecule has 0 fully saturated rings. The number of amides is 1. The van der Waals surface area contributed by atoms with Crippen molar-refractivity contribution in [3.05, 3.63) is 95.2 Å². The van der Waals surface area contributed by atoms with E-state index < -0.39 is 0 Å². The summed E-state index contributed by atoms with van der Waals surface area (Å²) in [7, 11) is 0. The molecule has 0 aliphatic carbocycles. The lowest BCUT2D eigenvalue weighted by Crippen LogP contribution is -2.31. The Morgan fingerprint density at radius 3 is 2.50 bits per heavy atom. The summed E-state index contributed by atoms with van der Waals surface area (Å²) in [5.74, 6) is 0.919. The minimum atomic E-state index is -0.341. The summed E-state index contributed by atoms with van der Waals surface area (Å²) in [5.41, 5.74) is 5.32. The van der Waals surface area contributed by atoms with E-state index in [-0.39, 0.29) is 18.3 Å². The van der Waals surface area contributed by atoms with Gasteiger partial charge in [0.1, 0.15) is 17.4 Å². The number of carbonyl (C=O) groups is 1. The van der Waals surface area contributed by atoms with Gasteiger partial charge in [-0.1, -0.05) is 6.07 Å².